The number of carbonyl (C=O) groups is 1. The van der Waals surface area contributed by atoms with Crippen molar-refractivity contribution >= 4 is 11.6 Å². The number of nitrogens with one attached hydrogen (secondary N) is 2. The highest BCUT2D eigenvalue weighted by atomic mass is 19.4. The largest absolute Gasteiger partial charge is 0.419 e. The van der Waals surface area contributed by atoms with Crippen LogP contribution in [0.4, 0.5) is 27.6 Å². The van der Waals surface area contributed by atoms with Crippen LogP contribution in [-0.2, 0) is 16.4 Å². The zero-order chi connectivity index (χ0) is 24.1. The number of halogens is 5. The summed E-state index contributed by atoms with van der Waals surface area (Å²) in [5.74, 6) is -2.41. The van der Waals surface area contributed by atoms with Gasteiger partial charge in [0.15, 0.2) is 11.6 Å². The minimum absolute atomic E-state index is 0.0666. The molecule has 4 aromatic rings. The molecule has 1 aliphatic rings. The second-order valence-corrected chi connectivity index (χ2v) is 7.80. The van der Waals surface area contributed by atoms with E-state index in [1.807, 2.05) is 0 Å². The average Bonchev–Trinajstić information content (AvgIpc) is 3.20. The minimum atomic E-state index is -4.57. The van der Waals surface area contributed by atoms with Crippen molar-refractivity contribution in [1.82, 2.24) is 30.4 Å². The molecule has 5 rings (SSSR count). The standard InChI is InChI=1S/C21H14F5N7O/c22-15-3-1-11(7-16(15)23)20(5-6-20)19(34)28-13-2-4-17(14(8-13)18-29-31-32-30-18)33-10-12(9-27-33)21(24,25)26/h1-4,7-10H,5-6H2,(H,28,34)(H,29,30,31,32). The summed E-state index contributed by atoms with van der Waals surface area (Å²) in [6.07, 6.45) is -2.16. The van der Waals surface area contributed by atoms with Gasteiger partial charge in [-0.15, -0.1) is 10.2 Å². The van der Waals surface area contributed by atoms with E-state index in [9.17, 15) is 26.7 Å². The summed E-state index contributed by atoms with van der Waals surface area (Å²) >= 11 is 0. The molecule has 174 valence electrons. The number of H-pyrrole nitrogens is 1. The van der Waals surface area contributed by atoms with E-state index >= 15 is 0 Å². The third-order valence-electron chi connectivity index (χ3n) is 5.65. The van der Waals surface area contributed by atoms with Gasteiger partial charge in [0.25, 0.3) is 0 Å². The van der Waals surface area contributed by atoms with Crippen LogP contribution < -0.4 is 5.32 Å². The second-order valence-electron chi connectivity index (χ2n) is 7.80. The summed E-state index contributed by atoms with van der Waals surface area (Å²) in [7, 11) is 0. The first-order chi connectivity index (χ1) is 16.2. The quantitative estimate of drug-likeness (QED) is 0.425. The molecule has 0 unspecified atom stereocenters. The number of aromatic amines is 1. The molecule has 2 N–H and O–H groups in total. The van der Waals surface area contributed by atoms with Gasteiger partial charge in [0, 0.05) is 11.9 Å². The summed E-state index contributed by atoms with van der Waals surface area (Å²) in [5.41, 5.74) is -0.812. The van der Waals surface area contributed by atoms with E-state index in [1.54, 1.807) is 0 Å². The van der Waals surface area contributed by atoms with Crippen molar-refractivity contribution < 1.29 is 26.7 Å². The maximum atomic E-state index is 13.7. The Morgan fingerprint density at radius 1 is 1.09 bits per heavy atom. The Bertz CT molecular complexity index is 1380. The first-order valence-electron chi connectivity index (χ1n) is 9.94. The van der Waals surface area contributed by atoms with E-state index in [-0.39, 0.29) is 17.1 Å². The molecule has 13 heteroatoms. The predicted octanol–water partition coefficient (Wildman–Crippen LogP) is 4.02. The number of hydrogen-bond acceptors (Lipinski definition) is 5. The fourth-order valence-corrected chi connectivity index (χ4v) is 3.69. The molecular formula is C21H14F5N7O. The number of carbonyl (C=O) groups excluding carboxylic acids is 1. The number of rotatable bonds is 5. The fraction of sp³-hybridized carbons (Fsp3) is 0.190. The van der Waals surface area contributed by atoms with Crippen molar-refractivity contribution in [1.29, 1.82) is 0 Å². The van der Waals surface area contributed by atoms with E-state index in [4.69, 9.17) is 0 Å². The number of nitrogens with zero attached hydrogens (tertiary/aromatic N) is 5. The van der Waals surface area contributed by atoms with Crippen LogP contribution in [0.5, 0.6) is 0 Å². The van der Waals surface area contributed by atoms with Crippen molar-refractivity contribution in [2.75, 3.05) is 5.32 Å². The van der Waals surface area contributed by atoms with E-state index in [2.05, 4.69) is 31.0 Å². The molecule has 0 radical (unpaired) electrons. The zero-order valence-corrected chi connectivity index (χ0v) is 17.1. The van der Waals surface area contributed by atoms with Gasteiger partial charge in [0.1, 0.15) is 0 Å². The summed E-state index contributed by atoms with van der Waals surface area (Å²) < 4.78 is 67.1. The lowest BCUT2D eigenvalue weighted by molar-refractivity contribution is -0.137. The number of tetrazole rings is 1. The van der Waals surface area contributed by atoms with Crippen molar-refractivity contribution in [3.05, 3.63) is 71.6 Å². The van der Waals surface area contributed by atoms with Crippen LogP contribution >= 0.6 is 0 Å². The molecule has 2 aromatic carbocycles. The van der Waals surface area contributed by atoms with Crippen LogP contribution in [-0.4, -0.2) is 36.3 Å². The molecule has 1 saturated carbocycles. The van der Waals surface area contributed by atoms with Crippen LogP contribution in [0.15, 0.2) is 48.8 Å². The monoisotopic (exact) mass is 475 g/mol. The van der Waals surface area contributed by atoms with E-state index in [1.165, 1.54) is 24.3 Å². The number of hydrogen-bond donors (Lipinski definition) is 2. The van der Waals surface area contributed by atoms with Gasteiger partial charge >= 0.3 is 6.18 Å². The lowest BCUT2D eigenvalue weighted by atomic mass is 9.94. The molecule has 0 saturated heterocycles. The smallest absolute Gasteiger partial charge is 0.325 e. The van der Waals surface area contributed by atoms with Crippen molar-refractivity contribution in [2.24, 2.45) is 0 Å². The van der Waals surface area contributed by atoms with E-state index in [0.29, 0.717) is 30.3 Å². The summed E-state index contributed by atoms with van der Waals surface area (Å²) in [6, 6.07) is 7.74. The molecule has 0 spiro atoms. The number of anilines is 1. The molecule has 0 atom stereocenters. The molecule has 0 bridgehead atoms. The Morgan fingerprint density at radius 3 is 2.50 bits per heavy atom. The normalized spacial score (nSPS) is 14.7. The summed E-state index contributed by atoms with van der Waals surface area (Å²) in [6.45, 7) is 0. The van der Waals surface area contributed by atoms with E-state index in [0.717, 1.165) is 23.0 Å². The Labute approximate surface area is 187 Å². The highest BCUT2D eigenvalue weighted by Gasteiger charge is 2.51. The van der Waals surface area contributed by atoms with Gasteiger partial charge in [0.2, 0.25) is 11.7 Å². The van der Waals surface area contributed by atoms with E-state index < -0.39 is 34.7 Å². The second kappa shape index (κ2) is 7.71. The summed E-state index contributed by atoms with van der Waals surface area (Å²) in [5, 5.41) is 20.0. The van der Waals surface area contributed by atoms with Gasteiger partial charge in [-0.25, -0.2) is 13.5 Å². The van der Waals surface area contributed by atoms with Gasteiger partial charge in [-0.1, -0.05) is 6.07 Å². The van der Waals surface area contributed by atoms with Crippen LogP contribution in [0.3, 0.4) is 0 Å². The first-order valence-corrected chi connectivity index (χ1v) is 9.94. The maximum absolute atomic E-state index is 13.7. The Hall–Kier alpha value is -4.16. The first kappa shape index (κ1) is 21.7. The molecule has 0 aliphatic heterocycles. The fourth-order valence-electron chi connectivity index (χ4n) is 3.69. The van der Waals surface area contributed by atoms with Crippen molar-refractivity contribution in [3.63, 3.8) is 0 Å². The lowest BCUT2D eigenvalue weighted by Crippen LogP contribution is -2.28. The highest BCUT2D eigenvalue weighted by molar-refractivity contribution is 6.01. The van der Waals surface area contributed by atoms with Crippen molar-refractivity contribution in [3.8, 4) is 17.1 Å². The number of aromatic nitrogens is 6. The predicted molar refractivity (Wildman–Crippen MR) is 108 cm³/mol. The Balaban J connectivity index is 1.48. The number of benzene rings is 2. The molecule has 1 fully saturated rings. The minimum Gasteiger partial charge on any atom is -0.325 e. The molecule has 8 nitrogen and oxygen atoms in total. The maximum Gasteiger partial charge on any atom is 0.419 e. The third kappa shape index (κ3) is 3.78. The molecule has 1 amide bonds. The van der Waals surface area contributed by atoms with Gasteiger partial charge in [-0.3, -0.25) is 4.79 Å². The lowest BCUT2D eigenvalue weighted by Gasteiger charge is -2.17. The molecule has 1 aliphatic carbocycles. The van der Waals surface area contributed by atoms with Gasteiger partial charge in [-0.2, -0.15) is 23.5 Å². The third-order valence-corrected chi connectivity index (χ3v) is 5.65. The van der Waals surface area contributed by atoms with Gasteiger partial charge in [0.05, 0.1) is 28.4 Å². The highest BCUT2D eigenvalue weighted by Crippen LogP contribution is 2.49. The molecular weight excluding hydrogens is 461 g/mol. The topological polar surface area (TPSA) is 101 Å². The SMILES string of the molecule is O=C(Nc1ccc(-n2cc(C(F)(F)F)cn2)c(-c2nn[nH]n2)c1)C1(c2ccc(F)c(F)c2)CC1. The average molecular weight is 475 g/mol. The molecule has 2 heterocycles. The number of alkyl halides is 3. The van der Waals surface area contributed by atoms with Gasteiger partial charge < -0.3 is 5.32 Å². The number of amides is 1. The van der Waals surface area contributed by atoms with Crippen LogP contribution in [0.25, 0.3) is 17.1 Å². The van der Waals surface area contributed by atoms with Crippen LogP contribution in [0.2, 0.25) is 0 Å². The Kier molecular flexibility index (Phi) is 4.92. The van der Waals surface area contributed by atoms with Crippen molar-refractivity contribution in [2.45, 2.75) is 24.4 Å². The van der Waals surface area contributed by atoms with Crippen LogP contribution in [0, 0.1) is 11.6 Å². The zero-order valence-electron chi connectivity index (χ0n) is 17.1. The molecule has 34 heavy (non-hydrogen) atoms. The van der Waals surface area contributed by atoms with Gasteiger partial charge in [-0.05, 0) is 54.0 Å². The molecule has 2 aromatic heterocycles. The Morgan fingerprint density at radius 2 is 1.88 bits per heavy atom. The van der Waals surface area contributed by atoms with Crippen LogP contribution in [0.1, 0.15) is 24.0 Å². The summed E-state index contributed by atoms with van der Waals surface area (Å²) in [4.78, 5) is 13.0.